The minimum atomic E-state index is -0.192. The molecule has 1 aromatic carbocycles. The van der Waals surface area contributed by atoms with Crippen molar-refractivity contribution in [3.8, 4) is 0 Å². The van der Waals surface area contributed by atoms with E-state index in [0.29, 0.717) is 0 Å². The first-order valence-electron chi connectivity index (χ1n) is 4.82. The third-order valence-corrected chi connectivity index (χ3v) is 2.55. The summed E-state index contributed by atoms with van der Waals surface area (Å²) in [6, 6.07) is 12.8. The Hall–Kier alpha value is -1.52. The molecule has 0 aliphatic rings. The topological polar surface area (TPSA) is 35.6 Å². The number of hydrogen-bond donors (Lipinski definition) is 0. The SMILES string of the molecule is Fc1ccc2c[n+]3ccccc3cc2c1.O.[Br-]. The highest BCUT2D eigenvalue weighted by Crippen LogP contribution is 2.14. The van der Waals surface area contributed by atoms with E-state index in [0.717, 1.165) is 16.3 Å². The Morgan fingerprint density at radius 1 is 0.941 bits per heavy atom. The zero-order valence-electron chi connectivity index (χ0n) is 8.90. The van der Waals surface area contributed by atoms with Gasteiger partial charge in [-0.25, -0.2) is 4.39 Å². The summed E-state index contributed by atoms with van der Waals surface area (Å²) in [6.07, 6.45) is 3.99. The molecule has 0 aliphatic heterocycles. The quantitative estimate of drug-likeness (QED) is 0.373. The van der Waals surface area contributed by atoms with Gasteiger partial charge in [0, 0.05) is 23.6 Å². The molecule has 2 aromatic heterocycles. The molecule has 0 saturated heterocycles. The molecule has 0 saturated carbocycles. The molecule has 0 radical (unpaired) electrons. The van der Waals surface area contributed by atoms with Crippen molar-refractivity contribution >= 4 is 16.3 Å². The Bertz CT molecular complexity index is 657. The maximum absolute atomic E-state index is 13.0. The van der Waals surface area contributed by atoms with Crippen LogP contribution in [0.25, 0.3) is 16.3 Å². The number of nitrogens with zero attached hydrogens (tertiary/aromatic N) is 1. The lowest BCUT2D eigenvalue weighted by Gasteiger charge is -1.96. The number of aromatic nitrogens is 1. The summed E-state index contributed by atoms with van der Waals surface area (Å²) in [6.45, 7) is 0. The van der Waals surface area contributed by atoms with Gasteiger partial charge in [0.15, 0.2) is 12.4 Å². The van der Waals surface area contributed by atoms with Gasteiger partial charge >= 0.3 is 0 Å². The van der Waals surface area contributed by atoms with E-state index in [1.165, 1.54) is 6.07 Å². The maximum Gasteiger partial charge on any atom is 0.211 e. The average Bonchev–Trinajstić information content (AvgIpc) is 2.26. The van der Waals surface area contributed by atoms with Crippen molar-refractivity contribution in [1.82, 2.24) is 0 Å². The van der Waals surface area contributed by atoms with Gasteiger partial charge in [-0.2, -0.15) is 4.40 Å². The largest absolute Gasteiger partial charge is 1.00 e. The molecule has 88 valence electrons. The minimum absolute atomic E-state index is 0. The Labute approximate surface area is 108 Å². The standard InChI is InChI=1S/C13H9FN.BrH.H2O/c14-12-5-4-10-9-15-6-2-1-3-13(15)8-11(10)7-12;;/h1-9H;1H;1H2/q+1;;/p-1. The summed E-state index contributed by atoms with van der Waals surface area (Å²) in [5.74, 6) is -0.192. The zero-order valence-corrected chi connectivity index (χ0v) is 10.5. The van der Waals surface area contributed by atoms with E-state index in [-0.39, 0.29) is 28.3 Å². The van der Waals surface area contributed by atoms with Crippen molar-refractivity contribution < 1.29 is 31.2 Å². The smallest absolute Gasteiger partial charge is 0.211 e. The second kappa shape index (κ2) is 5.21. The van der Waals surface area contributed by atoms with Crippen molar-refractivity contribution in [2.24, 2.45) is 0 Å². The van der Waals surface area contributed by atoms with Gasteiger partial charge in [0.05, 0.1) is 0 Å². The molecule has 2 N–H and O–H groups in total. The van der Waals surface area contributed by atoms with Crippen molar-refractivity contribution in [3.05, 3.63) is 60.7 Å². The number of rotatable bonds is 0. The number of pyridine rings is 2. The van der Waals surface area contributed by atoms with Crippen LogP contribution in [0.2, 0.25) is 0 Å². The van der Waals surface area contributed by atoms with Crippen LogP contribution in [0.1, 0.15) is 0 Å². The second-order valence-electron chi connectivity index (χ2n) is 3.58. The van der Waals surface area contributed by atoms with Gasteiger partial charge in [0.2, 0.25) is 5.52 Å². The zero-order chi connectivity index (χ0) is 10.3. The minimum Gasteiger partial charge on any atom is -1.00 e. The Morgan fingerprint density at radius 3 is 2.59 bits per heavy atom. The molecule has 2 heterocycles. The first kappa shape index (κ1) is 13.5. The van der Waals surface area contributed by atoms with Gasteiger partial charge in [-0.15, -0.1) is 0 Å². The van der Waals surface area contributed by atoms with Gasteiger partial charge in [0.1, 0.15) is 5.82 Å². The van der Waals surface area contributed by atoms with E-state index in [2.05, 4.69) is 0 Å². The fourth-order valence-corrected chi connectivity index (χ4v) is 1.81. The predicted octanol–water partition coefficient (Wildman–Crippen LogP) is -1.10. The van der Waals surface area contributed by atoms with E-state index in [9.17, 15) is 4.39 Å². The predicted molar refractivity (Wildman–Crippen MR) is 60.7 cm³/mol. The van der Waals surface area contributed by atoms with Crippen LogP contribution in [0.15, 0.2) is 54.9 Å². The molecule has 0 aliphatic carbocycles. The van der Waals surface area contributed by atoms with Gasteiger partial charge in [0.25, 0.3) is 0 Å². The van der Waals surface area contributed by atoms with Crippen molar-refractivity contribution in [2.75, 3.05) is 0 Å². The summed E-state index contributed by atoms with van der Waals surface area (Å²) < 4.78 is 15.1. The van der Waals surface area contributed by atoms with E-state index in [1.807, 2.05) is 41.1 Å². The van der Waals surface area contributed by atoms with Gasteiger partial charge in [-0.3, -0.25) is 0 Å². The molecule has 0 bridgehead atoms. The number of benzene rings is 1. The van der Waals surface area contributed by atoms with E-state index >= 15 is 0 Å². The Morgan fingerprint density at radius 2 is 1.76 bits per heavy atom. The lowest BCUT2D eigenvalue weighted by atomic mass is 10.1. The number of hydrogen-bond acceptors (Lipinski definition) is 0. The van der Waals surface area contributed by atoms with Crippen LogP contribution < -0.4 is 21.4 Å². The van der Waals surface area contributed by atoms with Crippen molar-refractivity contribution in [2.45, 2.75) is 0 Å². The van der Waals surface area contributed by atoms with E-state index < -0.39 is 0 Å². The molecule has 0 atom stereocenters. The molecule has 17 heavy (non-hydrogen) atoms. The van der Waals surface area contributed by atoms with Crippen molar-refractivity contribution in [3.63, 3.8) is 0 Å². The molecule has 2 nitrogen and oxygen atoms in total. The molecule has 0 amide bonds. The van der Waals surface area contributed by atoms with Crippen LogP contribution in [0, 0.1) is 5.82 Å². The Kier molecular flexibility index (Phi) is 4.15. The summed E-state index contributed by atoms with van der Waals surface area (Å²) in [4.78, 5) is 0. The average molecular weight is 296 g/mol. The Balaban J connectivity index is 0.000000722. The van der Waals surface area contributed by atoms with Gasteiger partial charge in [-0.1, -0.05) is 0 Å². The van der Waals surface area contributed by atoms with Crippen LogP contribution in [-0.2, 0) is 0 Å². The summed E-state index contributed by atoms with van der Waals surface area (Å²) in [5, 5.41) is 1.97. The first-order valence-corrected chi connectivity index (χ1v) is 4.82. The lowest BCUT2D eigenvalue weighted by molar-refractivity contribution is -0.510. The second-order valence-corrected chi connectivity index (χ2v) is 3.58. The molecular formula is C13H11BrFNO. The van der Waals surface area contributed by atoms with Crippen molar-refractivity contribution in [1.29, 1.82) is 0 Å². The monoisotopic (exact) mass is 295 g/mol. The van der Waals surface area contributed by atoms with Gasteiger partial charge in [-0.05, 0) is 29.7 Å². The highest BCUT2D eigenvalue weighted by atomic mass is 79.9. The lowest BCUT2D eigenvalue weighted by Crippen LogP contribution is -3.00. The van der Waals surface area contributed by atoms with Crippen LogP contribution in [0.5, 0.6) is 0 Å². The molecule has 0 unspecified atom stereocenters. The summed E-state index contributed by atoms with van der Waals surface area (Å²) in [7, 11) is 0. The highest BCUT2D eigenvalue weighted by molar-refractivity contribution is 5.83. The van der Waals surface area contributed by atoms with E-state index in [1.54, 1.807) is 12.1 Å². The van der Waals surface area contributed by atoms with Crippen LogP contribution in [-0.4, -0.2) is 5.48 Å². The first-order chi connectivity index (χ1) is 7.33. The number of halogens is 2. The normalized spacial score (nSPS) is 9.71. The molecule has 3 rings (SSSR count). The van der Waals surface area contributed by atoms with Gasteiger partial charge < -0.3 is 22.5 Å². The third kappa shape index (κ3) is 2.43. The molecule has 3 aromatic rings. The fourth-order valence-electron chi connectivity index (χ4n) is 1.81. The third-order valence-electron chi connectivity index (χ3n) is 2.55. The molecular weight excluding hydrogens is 285 g/mol. The summed E-state index contributed by atoms with van der Waals surface area (Å²) >= 11 is 0. The van der Waals surface area contributed by atoms with Crippen LogP contribution in [0.3, 0.4) is 0 Å². The highest BCUT2D eigenvalue weighted by Gasteiger charge is 2.04. The van der Waals surface area contributed by atoms with Crippen LogP contribution >= 0.6 is 0 Å². The maximum atomic E-state index is 13.0. The molecule has 0 fully saturated rings. The van der Waals surface area contributed by atoms with Crippen LogP contribution in [0.4, 0.5) is 4.39 Å². The summed E-state index contributed by atoms with van der Waals surface area (Å²) in [5.41, 5.74) is 1.07. The molecule has 4 heteroatoms. The number of fused-ring (bicyclic) bond motifs is 2. The van der Waals surface area contributed by atoms with E-state index in [4.69, 9.17) is 0 Å². The fraction of sp³-hybridized carbons (Fsp3) is 0. The molecule has 0 spiro atoms.